The molecular formula is C17H21N3O. The molecule has 110 valence electrons. The Hall–Kier alpha value is -1.91. The highest BCUT2D eigenvalue weighted by Crippen LogP contribution is 2.15. The molecule has 1 fully saturated rings. The molecule has 1 aliphatic heterocycles. The van der Waals surface area contributed by atoms with Crippen LogP contribution in [-0.4, -0.2) is 41.2 Å². The molecule has 1 aliphatic rings. The summed E-state index contributed by atoms with van der Waals surface area (Å²) in [5, 5.41) is 9.05. The van der Waals surface area contributed by atoms with Crippen molar-refractivity contribution in [2.24, 2.45) is 0 Å². The van der Waals surface area contributed by atoms with Crippen LogP contribution in [0.3, 0.4) is 0 Å². The Bertz CT molecular complexity index is 548. The lowest BCUT2D eigenvalue weighted by Crippen LogP contribution is -2.46. The molecule has 21 heavy (non-hydrogen) atoms. The highest BCUT2D eigenvalue weighted by Gasteiger charge is 2.17. The number of rotatable bonds is 4. The number of hydrogen-bond donors (Lipinski definition) is 1. The summed E-state index contributed by atoms with van der Waals surface area (Å²) in [4.78, 5) is 9.22. The largest absolute Gasteiger partial charge is 0.392 e. The minimum atomic E-state index is 0.0537. The molecular weight excluding hydrogens is 262 g/mol. The average Bonchev–Trinajstić information content (AvgIpc) is 2.57. The van der Waals surface area contributed by atoms with Gasteiger partial charge >= 0.3 is 0 Å². The summed E-state index contributed by atoms with van der Waals surface area (Å²) in [5.74, 6) is 1.01. The van der Waals surface area contributed by atoms with Crippen LogP contribution in [-0.2, 0) is 13.2 Å². The van der Waals surface area contributed by atoms with Crippen molar-refractivity contribution in [3.05, 3.63) is 59.8 Å². The number of benzene rings is 1. The number of anilines is 1. The summed E-state index contributed by atoms with van der Waals surface area (Å²) in [6.45, 7) is 5.18. The molecule has 0 radical (unpaired) electrons. The van der Waals surface area contributed by atoms with Crippen LogP contribution in [0.4, 0.5) is 5.82 Å². The maximum atomic E-state index is 9.05. The fraction of sp³-hybridized carbons (Fsp3) is 0.353. The topological polar surface area (TPSA) is 39.6 Å². The summed E-state index contributed by atoms with van der Waals surface area (Å²) < 4.78 is 0. The van der Waals surface area contributed by atoms with E-state index in [0.717, 1.165) is 44.1 Å². The van der Waals surface area contributed by atoms with Crippen molar-refractivity contribution in [1.29, 1.82) is 0 Å². The van der Waals surface area contributed by atoms with Gasteiger partial charge in [-0.15, -0.1) is 0 Å². The number of aromatic nitrogens is 1. The van der Waals surface area contributed by atoms with E-state index in [9.17, 15) is 0 Å². The minimum Gasteiger partial charge on any atom is -0.392 e. The van der Waals surface area contributed by atoms with E-state index >= 15 is 0 Å². The van der Waals surface area contributed by atoms with Gasteiger partial charge in [0.25, 0.3) is 0 Å². The Kier molecular flexibility index (Phi) is 4.48. The van der Waals surface area contributed by atoms with Crippen molar-refractivity contribution < 1.29 is 5.11 Å². The SMILES string of the molecule is OCc1ccc(N2CCN(Cc3ccccc3)CC2)nc1. The van der Waals surface area contributed by atoms with Crippen molar-refractivity contribution in [1.82, 2.24) is 9.88 Å². The molecule has 4 nitrogen and oxygen atoms in total. The predicted octanol–water partition coefficient (Wildman–Crippen LogP) is 1.90. The molecule has 0 spiro atoms. The lowest BCUT2D eigenvalue weighted by Gasteiger charge is -2.35. The zero-order valence-electron chi connectivity index (χ0n) is 12.2. The van der Waals surface area contributed by atoms with Crippen LogP contribution in [0.15, 0.2) is 48.7 Å². The number of aliphatic hydroxyl groups is 1. The van der Waals surface area contributed by atoms with E-state index in [4.69, 9.17) is 5.11 Å². The molecule has 2 heterocycles. The van der Waals surface area contributed by atoms with Gasteiger partial charge in [0.1, 0.15) is 5.82 Å². The van der Waals surface area contributed by atoms with Crippen LogP contribution >= 0.6 is 0 Å². The molecule has 4 heteroatoms. The quantitative estimate of drug-likeness (QED) is 0.930. The second kappa shape index (κ2) is 6.70. The molecule has 1 aromatic heterocycles. The lowest BCUT2D eigenvalue weighted by atomic mass is 10.2. The zero-order valence-corrected chi connectivity index (χ0v) is 12.2. The molecule has 0 bridgehead atoms. The fourth-order valence-electron chi connectivity index (χ4n) is 2.67. The highest BCUT2D eigenvalue weighted by atomic mass is 16.3. The van der Waals surface area contributed by atoms with Crippen LogP contribution in [0, 0.1) is 0 Å². The maximum Gasteiger partial charge on any atom is 0.128 e. The van der Waals surface area contributed by atoms with Crippen LogP contribution in [0.1, 0.15) is 11.1 Å². The van der Waals surface area contributed by atoms with Gasteiger partial charge in [-0.05, 0) is 17.2 Å². The molecule has 0 saturated carbocycles. The minimum absolute atomic E-state index is 0.0537. The van der Waals surface area contributed by atoms with Gasteiger partial charge in [-0.2, -0.15) is 0 Å². The van der Waals surface area contributed by atoms with E-state index in [1.54, 1.807) is 6.20 Å². The Labute approximate surface area is 125 Å². The zero-order chi connectivity index (χ0) is 14.5. The smallest absolute Gasteiger partial charge is 0.128 e. The Morgan fingerprint density at radius 3 is 2.29 bits per heavy atom. The van der Waals surface area contributed by atoms with E-state index < -0.39 is 0 Å². The average molecular weight is 283 g/mol. The van der Waals surface area contributed by atoms with Gasteiger partial charge in [-0.25, -0.2) is 4.98 Å². The van der Waals surface area contributed by atoms with Crippen molar-refractivity contribution in [3.8, 4) is 0 Å². The molecule has 0 atom stereocenters. The highest BCUT2D eigenvalue weighted by molar-refractivity contribution is 5.39. The van der Waals surface area contributed by atoms with Gasteiger partial charge in [0.2, 0.25) is 0 Å². The predicted molar refractivity (Wildman–Crippen MR) is 84.1 cm³/mol. The van der Waals surface area contributed by atoms with E-state index in [1.807, 2.05) is 12.1 Å². The standard InChI is InChI=1S/C17H21N3O/c21-14-16-6-7-17(18-12-16)20-10-8-19(9-11-20)13-15-4-2-1-3-5-15/h1-7,12,21H,8-11,13-14H2. The first-order chi connectivity index (χ1) is 10.3. The van der Waals surface area contributed by atoms with Crippen molar-refractivity contribution in [2.75, 3.05) is 31.1 Å². The molecule has 0 amide bonds. The van der Waals surface area contributed by atoms with Crippen molar-refractivity contribution >= 4 is 5.82 Å². The normalized spacial score (nSPS) is 16.1. The Balaban J connectivity index is 1.54. The van der Waals surface area contributed by atoms with E-state index in [0.29, 0.717) is 0 Å². The van der Waals surface area contributed by atoms with E-state index in [2.05, 4.69) is 45.1 Å². The van der Waals surface area contributed by atoms with Crippen LogP contribution in [0.5, 0.6) is 0 Å². The van der Waals surface area contributed by atoms with Gasteiger partial charge < -0.3 is 10.0 Å². The summed E-state index contributed by atoms with van der Waals surface area (Å²) in [5.41, 5.74) is 2.23. The Morgan fingerprint density at radius 1 is 0.905 bits per heavy atom. The van der Waals surface area contributed by atoms with Crippen molar-refractivity contribution in [2.45, 2.75) is 13.2 Å². The first kappa shape index (κ1) is 14.0. The third-order valence-corrected chi connectivity index (χ3v) is 3.94. The second-order valence-corrected chi connectivity index (χ2v) is 5.43. The third kappa shape index (κ3) is 3.60. The van der Waals surface area contributed by atoms with Gasteiger partial charge in [0.15, 0.2) is 0 Å². The lowest BCUT2D eigenvalue weighted by molar-refractivity contribution is 0.249. The number of hydrogen-bond acceptors (Lipinski definition) is 4. The molecule has 1 aromatic carbocycles. The number of aliphatic hydroxyl groups excluding tert-OH is 1. The summed E-state index contributed by atoms with van der Waals surface area (Å²) in [6.07, 6.45) is 1.76. The van der Waals surface area contributed by atoms with Crippen LogP contribution in [0.25, 0.3) is 0 Å². The van der Waals surface area contributed by atoms with Gasteiger partial charge in [0.05, 0.1) is 6.61 Å². The van der Waals surface area contributed by atoms with Crippen LogP contribution in [0.2, 0.25) is 0 Å². The molecule has 2 aromatic rings. The van der Waals surface area contributed by atoms with E-state index in [1.165, 1.54) is 5.56 Å². The molecule has 3 rings (SSSR count). The maximum absolute atomic E-state index is 9.05. The first-order valence-corrected chi connectivity index (χ1v) is 7.42. The van der Waals surface area contributed by atoms with Crippen LogP contribution < -0.4 is 4.90 Å². The summed E-state index contributed by atoms with van der Waals surface area (Å²) >= 11 is 0. The van der Waals surface area contributed by atoms with Gasteiger partial charge in [0, 0.05) is 38.9 Å². The second-order valence-electron chi connectivity index (χ2n) is 5.43. The number of pyridine rings is 1. The fourth-order valence-corrected chi connectivity index (χ4v) is 2.67. The monoisotopic (exact) mass is 283 g/mol. The van der Waals surface area contributed by atoms with Crippen molar-refractivity contribution in [3.63, 3.8) is 0 Å². The van der Waals surface area contributed by atoms with Gasteiger partial charge in [-0.1, -0.05) is 36.4 Å². The van der Waals surface area contributed by atoms with E-state index in [-0.39, 0.29) is 6.61 Å². The molecule has 1 saturated heterocycles. The number of piperazine rings is 1. The number of nitrogens with zero attached hydrogens (tertiary/aromatic N) is 3. The Morgan fingerprint density at radius 2 is 1.67 bits per heavy atom. The third-order valence-electron chi connectivity index (χ3n) is 3.94. The summed E-state index contributed by atoms with van der Waals surface area (Å²) in [6, 6.07) is 14.6. The first-order valence-electron chi connectivity index (χ1n) is 7.42. The molecule has 0 aliphatic carbocycles. The summed E-state index contributed by atoms with van der Waals surface area (Å²) in [7, 11) is 0. The van der Waals surface area contributed by atoms with Gasteiger partial charge in [-0.3, -0.25) is 4.90 Å². The molecule has 0 unspecified atom stereocenters. The molecule has 1 N–H and O–H groups in total.